The van der Waals surface area contributed by atoms with E-state index in [0.717, 1.165) is 39.2 Å². The maximum Gasteiger partial charge on any atom is 0.115 e. The monoisotopic (exact) mass is 431 g/mol. The van der Waals surface area contributed by atoms with E-state index in [1.54, 1.807) is 36.4 Å². The zero-order valence-corrected chi connectivity index (χ0v) is 18.1. The van der Waals surface area contributed by atoms with Crippen molar-refractivity contribution in [2.45, 2.75) is 6.92 Å². The van der Waals surface area contributed by atoms with E-state index >= 15 is 0 Å². The Bertz CT molecular complexity index is 1110. The lowest BCUT2D eigenvalue weighted by atomic mass is 9.90. The highest BCUT2D eigenvalue weighted by atomic mass is 35.5. The molecular weight excluding hydrogens is 406 g/mol. The number of allylic oxidation sites excluding steroid dienone is 5. The summed E-state index contributed by atoms with van der Waals surface area (Å²) in [6, 6.07) is 22.6. The highest BCUT2D eigenvalue weighted by molar-refractivity contribution is 6.05. The van der Waals surface area contributed by atoms with Gasteiger partial charge in [-0.2, -0.15) is 0 Å². The van der Waals surface area contributed by atoms with Gasteiger partial charge in [0.2, 0.25) is 0 Å². The van der Waals surface area contributed by atoms with Crippen LogP contribution in [0.2, 0.25) is 0 Å². The van der Waals surface area contributed by atoms with Crippen LogP contribution in [-0.4, -0.2) is 10.8 Å². The number of para-hydroxylation sites is 1. The Balaban J connectivity index is 0.000000364. The van der Waals surface area contributed by atoms with Crippen LogP contribution in [0, 0.1) is 12.3 Å². The molecule has 3 aromatic carbocycles. The minimum Gasteiger partial charge on any atom is -0.508 e. The molecule has 0 saturated carbocycles. The molecule has 0 amide bonds. The lowest BCUT2D eigenvalue weighted by molar-refractivity contribution is 0.475. The molecule has 31 heavy (non-hydrogen) atoms. The Labute approximate surface area is 189 Å². The number of aryl methyl sites for hydroxylation is 1. The summed E-state index contributed by atoms with van der Waals surface area (Å²) in [5, 5.41) is 16.3. The van der Waals surface area contributed by atoms with Crippen molar-refractivity contribution in [3.63, 3.8) is 0 Å². The summed E-state index contributed by atoms with van der Waals surface area (Å²) >= 11 is 0. The van der Waals surface area contributed by atoms with Crippen molar-refractivity contribution in [3.05, 3.63) is 119 Å². The van der Waals surface area contributed by atoms with Crippen LogP contribution in [0.5, 0.6) is 5.75 Å². The number of benzene rings is 3. The molecule has 4 rings (SSSR count). The van der Waals surface area contributed by atoms with Gasteiger partial charge in [0, 0.05) is 11.4 Å². The van der Waals surface area contributed by atoms with Gasteiger partial charge in [0.1, 0.15) is 5.75 Å². The van der Waals surface area contributed by atoms with Gasteiger partial charge in [0.25, 0.3) is 0 Å². The van der Waals surface area contributed by atoms with E-state index < -0.39 is 0 Å². The van der Waals surface area contributed by atoms with Gasteiger partial charge in [-0.25, -0.2) is 0 Å². The molecule has 0 saturated heterocycles. The Hall–Kier alpha value is -3.76. The molecule has 0 bridgehead atoms. The standard InChI is InChI=1S/C20H19N3.C6H6O.ClH/c1-13-12-16(6-11-19(13)23)20(14-2-7-17(21)8-3-14)15-4-9-18(22)10-5-15;7-6-4-2-1-3-5-6;/h2-12,21H,22-23H2,1H3;1-5,7H;1H. The largest absolute Gasteiger partial charge is 0.508 e. The summed E-state index contributed by atoms with van der Waals surface area (Å²) in [4.78, 5) is 0. The minimum atomic E-state index is 0. The van der Waals surface area contributed by atoms with Crippen LogP contribution in [0.4, 0.5) is 11.4 Å². The van der Waals surface area contributed by atoms with Gasteiger partial charge >= 0.3 is 0 Å². The van der Waals surface area contributed by atoms with Crippen LogP contribution in [0.1, 0.15) is 16.7 Å². The maximum absolute atomic E-state index is 8.63. The number of rotatable bonds is 2. The summed E-state index contributed by atoms with van der Waals surface area (Å²) in [6.07, 6.45) is 7.55. The van der Waals surface area contributed by atoms with Crippen LogP contribution in [0.3, 0.4) is 0 Å². The van der Waals surface area contributed by atoms with Gasteiger partial charge in [-0.1, -0.05) is 48.6 Å². The maximum atomic E-state index is 8.63. The third-order valence-electron chi connectivity index (χ3n) is 4.69. The number of phenolic OH excluding ortho intramolecular Hbond substituents is 1. The first kappa shape index (κ1) is 23.5. The van der Waals surface area contributed by atoms with Crippen molar-refractivity contribution in [1.82, 2.24) is 0 Å². The number of hydrogen-bond donors (Lipinski definition) is 4. The summed E-state index contributed by atoms with van der Waals surface area (Å²) in [5.41, 5.74) is 19.2. The number of phenols is 1. The molecule has 0 heterocycles. The molecule has 4 nitrogen and oxygen atoms in total. The molecule has 158 valence electrons. The van der Waals surface area contributed by atoms with Crippen LogP contribution >= 0.6 is 12.4 Å². The average molecular weight is 432 g/mol. The quantitative estimate of drug-likeness (QED) is 0.379. The normalized spacial score (nSPS) is 11.9. The van der Waals surface area contributed by atoms with Crippen molar-refractivity contribution in [3.8, 4) is 5.75 Å². The minimum absolute atomic E-state index is 0. The summed E-state index contributed by atoms with van der Waals surface area (Å²) in [6.45, 7) is 2.01. The van der Waals surface area contributed by atoms with E-state index in [0.29, 0.717) is 11.5 Å². The molecular formula is C26H26ClN3O. The van der Waals surface area contributed by atoms with Crippen LogP contribution in [0.25, 0.3) is 5.57 Å². The van der Waals surface area contributed by atoms with Gasteiger partial charge in [-0.3, -0.25) is 0 Å². The predicted octanol–water partition coefficient (Wildman–Crippen LogP) is 5.92. The van der Waals surface area contributed by atoms with Gasteiger partial charge in [0.15, 0.2) is 0 Å². The number of nitrogens with one attached hydrogen (secondary N) is 1. The van der Waals surface area contributed by atoms with E-state index in [1.807, 2.05) is 61.5 Å². The van der Waals surface area contributed by atoms with E-state index in [1.165, 1.54) is 0 Å². The molecule has 0 radical (unpaired) electrons. The van der Waals surface area contributed by atoms with Gasteiger partial charge in [-0.15, -0.1) is 12.4 Å². The molecule has 0 fully saturated rings. The number of hydrogen-bond acceptors (Lipinski definition) is 4. The van der Waals surface area contributed by atoms with Crippen LogP contribution in [-0.2, 0) is 0 Å². The van der Waals surface area contributed by atoms with Gasteiger partial charge in [-0.05, 0) is 83.3 Å². The first-order valence-electron chi connectivity index (χ1n) is 9.59. The Kier molecular flexibility index (Phi) is 8.24. The van der Waals surface area contributed by atoms with Gasteiger partial charge < -0.3 is 22.0 Å². The fourth-order valence-corrected chi connectivity index (χ4v) is 3.05. The van der Waals surface area contributed by atoms with E-state index in [9.17, 15) is 0 Å². The molecule has 3 aromatic rings. The van der Waals surface area contributed by atoms with Crippen LogP contribution < -0.4 is 11.5 Å². The van der Waals surface area contributed by atoms with E-state index in [-0.39, 0.29) is 12.4 Å². The van der Waals surface area contributed by atoms with Crippen molar-refractivity contribution in [1.29, 1.82) is 5.41 Å². The lowest BCUT2D eigenvalue weighted by Crippen LogP contribution is -1.99. The molecule has 0 spiro atoms. The third kappa shape index (κ3) is 6.36. The number of aromatic hydroxyl groups is 1. The highest BCUT2D eigenvalue weighted by Gasteiger charge is 2.12. The van der Waals surface area contributed by atoms with E-state index in [4.69, 9.17) is 22.0 Å². The van der Waals surface area contributed by atoms with Crippen molar-refractivity contribution in [2.75, 3.05) is 11.5 Å². The Morgan fingerprint density at radius 2 is 1.35 bits per heavy atom. The first-order valence-corrected chi connectivity index (χ1v) is 9.59. The molecule has 1 aliphatic carbocycles. The number of anilines is 2. The SMILES string of the molecule is Cc1cc(C(=C2C=CC(=N)C=C2)c2ccc(N)cc2)ccc1N.Cl.Oc1ccccc1. The molecule has 0 unspecified atom stereocenters. The molecule has 6 N–H and O–H groups in total. The fraction of sp³-hybridized carbons (Fsp3) is 0.0385. The van der Waals surface area contributed by atoms with Crippen molar-refractivity contribution >= 4 is 35.1 Å². The molecule has 0 aliphatic heterocycles. The topological polar surface area (TPSA) is 96.1 Å². The molecule has 1 aliphatic rings. The van der Waals surface area contributed by atoms with E-state index in [2.05, 4.69) is 6.07 Å². The van der Waals surface area contributed by atoms with Crippen molar-refractivity contribution < 1.29 is 5.11 Å². The first-order chi connectivity index (χ1) is 14.4. The van der Waals surface area contributed by atoms with Crippen molar-refractivity contribution in [2.24, 2.45) is 0 Å². The second-order valence-electron chi connectivity index (χ2n) is 6.98. The summed E-state index contributed by atoms with van der Waals surface area (Å²) in [7, 11) is 0. The Morgan fingerprint density at radius 3 is 1.87 bits per heavy atom. The summed E-state index contributed by atoms with van der Waals surface area (Å²) in [5.74, 6) is 0.322. The lowest BCUT2D eigenvalue weighted by Gasteiger charge is -2.15. The summed E-state index contributed by atoms with van der Waals surface area (Å²) < 4.78 is 0. The van der Waals surface area contributed by atoms with Gasteiger partial charge in [0.05, 0.1) is 5.71 Å². The molecule has 0 atom stereocenters. The molecule has 0 aromatic heterocycles. The average Bonchev–Trinajstić information content (AvgIpc) is 2.75. The predicted molar refractivity (Wildman–Crippen MR) is 134 cm³/mol. The second-order valence-corrected chi connectivity index (χ2v) is 6.98. The number of nitrogens with two attached hydrogens (primary N) is 2. The van der Waals surface area contributed by atoms with Crippen LogP contribution in [0.15, 0.2) is 103 Å². The zero-order chi connectivity index (χ0) is 21.5. The Morgan fingerprint density at radius 1 is 0.774 bits per heavy atom. The second kappa shape index (κ2) is 10.9. The number of nitrogen functional groups attached to an aromatic ring is 2. The highest BCUT2D eigenvalue weighted by Crippen LogP contribution is 2.31. The molecule has 5 heteroatoms. The zero-order valence-electron chi connectivity index (χ0n) is 17.2. The number of halogens is 1. The fourth-order valence-electron chi connectivity index (χ4n) is 3.05. The smallest absolute Gasteiger partial charge is 0.115 e. The third-order valence-corrected chi connectivity index (χ3v) is 4.69.